The fourth-order valence-electron chi connectivity index (χ4n) is 3.68. The van der Waals surface area contributed by atoms with Gasteiger partial charge >= 0.3 is 0 Å². The van der Waals surface area contributed by atoms with Crippen molar-refractivity contribution in [2.45, 2.75) is 17.7 Å². The second kappa shape index (κ2) is 8.78. The maximum absolute atomic E-state index is 13.9. The van der Waals surface area contributed by atoms with E-state index in [9.17, 15) is 35.5 Å². The Morgan fingerprint density at radius 3 is 2.69 bits per heavy atom. The number of rotatable bonds is 6. The van der Waals surface area contributed by atoms with Crippen LogP contribution in [0.1, 0.15) is 17.5 Å². The van der Waals surface area contributed by atoms with Crippen LogP contribution in [-0.2, 0) is 26.5 Å². The molecule has 1 aliphatic heterocycles. The summed E-state index contributed by atoms with van der Waals surface area (Å²) in [5.74, 6) is -1.85. The molecule has 0 unspecified atom stereocenters. The van der Waals surface area contributed by atoms with E-state index in [0.29, 0.717) is 6.33 Å². The third-order valence-electron chi connectivity index (χ3n) is 5.09. The van der Waals surface area contributed by atoms with Crippen LogP contribution in [0, 0.1) is 5.82 Å². The SMILES string of the molecule is CS(=O)(=O)Nc1ccc2c(c1)S(=O)(=O)N=C(c1c(O)c(CCC=CF)c3ccc(F)cn3c1=O)N2. The molecule has 14 heteroatoms. The van der Waals surface area contributed by atoms with Crippen molar-refractivity contribution in [1.82, 2.24) is 4.40 Å². The molecule has 35 heavy (non-hydrogen) atoms. The lowest BCUT2D eigenvalue weighted by atomic mass is 10.0. The first kappa shape index (κ1) is 24.3. The molecule has 1 aliphatic rings. The summed E-state index contributed by atoms with van der Waals surface area (Å²) in [6, 6.07) is 5.96. The minimum Gasteiger partial charge on any atom is -0.507 e. The Morgan fingerprint density at radius 1 is 1.26 bits per heavy atom. The summed E-state index contributed by atoms with van der Waals surface area (Å²) in [5, 5.41) is 13.6. The van der Waals surface area contributed by atoms with Crippen LogP contribution in [0.15, 0.2) is 63.0 Å². The maximum atomic E-state index is 13.9. The zero-order chi connectivity index (χ0) is 25.5. The van der Waals surface area contributed by atoms with Gasteiger partial charge in [0, 0.05) is 17.4 Å². The van der Waals surface area contributed by atoms with E-state index in [1.165, 1.54) is 24.3 Å². The molecule has 0 saturated heterocycles. The summed E-state index contributed by atoms with van der Waals surface area (Å²) >= 11 is 0. The van der Waals surface area contributed by atoms with Gasteiger partial charge in [-0.15, -0.1) is 4.40 Å². The summed E-state index contributed by atoms with van der Waals surface area (Å²) in [7, 11) is -8.13. The molecule has 0 atom stereocenters. The lowest BCUT2D eigenvalue weighted by molar-refractivity contribution is 0.465. The minimum atomic E-state index is -4.45. The van der Waals surface area contributed by atoms with E-state index in [-0.39, 0.29) is 40.2 Å². The van der Waals surface area contributed by atoms with Crippen LogP contribution in [0.2, 0.25) is 0 Å². The minimum absolute atomic E-state index is 0.0254. The van der Waals surface area contributed by atoms with Crippen molar-refractivity contribution in [3.8, 4) is 5.75 Å². The number of allylic oxidation sites excluding steroid dienone is 1. The van der Waals surface area contributed by atoms with Crippen LogP contribution < -0.4 is 15.6 Å². The number of aryl methyl sites for hydroxylation is 1. The summed E-state index contributed by atoms with van der Waals surface area (Å²) in [6.45, 7) is 0. The van der Waals surface area contributed by atoms with Gasteiger partial charge in [0.1, 0.15) is 22.0 Å². The zero-order valence-corrected chi connectivity index (χ0v) is 19.6. The normalized spacial score (nSPS) is 15.0. The van der Waals surface area contributed by atoms with Crippen LogP contribution in [0.25, 0.3) is 5.52 Å². The number of nitrogens with one attached hydrogen (secondary N) is 2. The lowest BCUT2D eigenvalue weighted by Gasteiger charge is -2.21. The van der Waals surface area contributed by atoms with Crippen molar-refractivity contribution in [3.05, 3.63) is 76.2 Å². The van der Waals surface area contributed by atoms with Gasteiger partial charge in [0.05, 0.1) is 23.8 Å². The summed E-state index contributed by atoms with van der Waals surface area (Å²) < 4.78 is 81.8. The number of halogens is 2. The number of hydrogen-bond donors (Lipinski definition) is 3. The number of benzene rings is 1. The molecule has 3 N–H and O–H groups in total. The molecule has 0 aliphatic carbocycles. The molecule has 3 aromatic rings. The highest BCUT2D eigenvalue weighted by molar-refractivity contribution is 7.92. The molecule has 0 amide bonds. The van der Waals surface area contributed by atoms with Gasteiger partial charge in [-0.3, -0.25) is 13.9 Å². The molecule has 3 heterocycles. The van der Waals surface area contributed by atoms with Crippen molar-refractivity contribution in [3.63, 3.8) is 0 Å². The Kier molecular flexibility index (Phi) is 6.11. The Hall–Kier alpha value is -3.78. The summed E-state index contributed by atoms with van der Waals surface area (Å²) in [4.78, 5) is 12.8. The monoisotopic (exact) mass is 524 g/mol. The third kappa shape index (κ3) is 4.74. The molecule has 2 aromatic heterocycles. The number of amidine groups is 1. The molecule has 10 nitrogen and oxygen atoms in total. The van der Waals surface area contributed by atoms with Crippen molar-refractivity contribution in [2.75, 3.05) is 16.3 Å². The van der Waals surface area contributed by atoms with Gasteiger partial charge in [0.25, 0.3) is 15.6 Å². The van der Waals surface area contributed by atoms with Gasteiger partial charge in [-0.1, -0.05) is 6.08 Å². The molecule has 184 valence electrons. The van der Waals surface area contributed by atoms with Gasteiger partial charge in [0.2, 0.25) is 10.0 Å². The van der Waals surface area contributed by atoms with E-state index >= 15 is 0 Å². The predicted octanol–water partition coefficient (Wildman–Crippen LogP) is 2.49. The van der Waals surface area contributed by atoms with Crippen molar-refractivity contribution in [1.29, 1.82) is 0 Å². The molecule has 0 bridgehead atoms. The molecular formula is C21H18F2N4O6S2. The maximum Gasteiger partial charge on any atom is 0.286 e. The first-order chi connectivity index (χ1) is 16.4. The first-order valence-corrected chi connectivity index (χ1v) is 13.3. The average Bonchev–Trinajstić information content (AvgIpc) is 2.75. The van der Waals surface area contributed by atoms with Gasteiger partial charge in [-0.2, -0.15) is 8.42 Å². The molecule has 0 fully saturated rings. The fraction of sp³-hybridized carbons (Fsp3) is 0.143. The number of hydrogen-bond acceptors (Lipinski definition) is 7. The van der Waals surface area contributed by atoms with Crippen LogP contribution in [-0.4, -0.2) is 38.4 Å². The molecule has 1 aromatic carbocycles. The largest absolute Gasteiger partial charge is 0.507 e. The van der Waals surface area contributed by atoms with Crippen LogP contribution in [0.4, 0.5) is 20.2 Å². The van der Waals surface area contributed by atoms with Gasteiger partial charge in [-0.25, -0.2) is 17.2 Å². The van der Waals surface area contributed by atoms with E-state index in [1.807, 2.05) is 0 Å². The van der Waals surface area contributed by atoms with Gasteiger partial charge in [0.15, 0.2) is 5.84 Å². The predicted molar refractivity (Wildman–Crippen MR) is 126 cm³/mol. The molecule has 0 radical (unpaired) electrons. The van der Waals surface area contributed by atoms with Crippen LogP contribution in [0.3, 0.4) is 0 Å². The Morgan fingerprint density at radius 2 is 2.00 bits per heavy atom. The van der Waals surface area contributed by atoms with Crippen molar-refractivity contribution >= 4 is 42.8 Å². The van der Waals surface area contributed by atoms with Crippen LogP contribution in [0.5, 0.6) is 5.75 Å². The Balaban J connectivity index is 1.91. The van der Waals surface area contributed by atoms with Crippen molar-refractivity contribution in [2.24, 2.45) is 4.40 Å². The number of aromatic hydroxyl groups is 1. The highest BCUT2D eigenvalue weighted by Crippen LogP contribution is 2.34. The standard InChI is InChI=1S/C21H18F2N4O6S2/c1-34(30,31)25-13-6-7-15-17(10-13)35(32,33)26-20(24-15)18-19(28)14(4-2-3-9-22)16-8-5-12(23)11-27(16)21(18)29/h3,5-11,25,28H,2,4H2,1H3,(H,24,26). The number of fused-ring (bicyclic) bond motifs is 2. The number of aromatic nitrogens is 1. The first-order valence-electron chi connectivity index (χ1n) is 9.96. The highest BCUT2D eigenvalue weighted by Gasteiger charge is 2.30. The van der Waals surface area contributed by atoms with E-state index in [2.05, 4.69) is 14.4 Å². The molecule has 0 spiro atoms. The second-order valence-corrected chi connectivity index (χ2v) is 11.0. The number of sulfonamides is 2. The van der Waals surface area contributed by atoms with Crippen molar-refractivity contribution < 1.29 is 30.7 Å². The van der Waals surface area contributed by atoms with E-state index < -0.39 is 48.6 Å². The van der Waals surface area contributed by atoms with Gasteiger partial charge < -0.3 is 10.4 Å². The third-order valence-corrected chi connectivity index (χ3v) is 7.01. The summed E-state index contributed by atoms with van der Waals surface area (Å²) in [5.41, 5.74) is -1.22. The Bertz CT molecular complexity index is 1700. The molecular weight excluding hydrogens is 506 g/mol. The quantitative estimate of drug-likeness (QED) is 0.449. The Labute approximate surface area is 198 Å². The zero-order valence-electron chi connectivity index (χ0n) is 18.0. The number of nitrogens with zero attached hydrogens (tertiary/aromatic N) is 2. The average molecular weight is 525 g/mol. The van der Waals surface area contributed by atoms with Crippen LogP contribution >= 0.6 is 0 Å². The fourth-order valence-corrected chi connectivity index (χ4v) is 5.38. The smallest absolute Gasteiger partial charge is 0.286 e. The topological polar surface area (TPSA) is 146 Å². The number of pyridine rings is 2. The highest BCUT2D eigenvalue weighted by atomic mass is 32.2. The molecule has 0 saturated carbocycles. The summed E-state index contributed by atoms with van der Waals surface area (Å²) in [6.07, 6.45) is 3.46. The number of anilines is 2. The lowest BCUT2D eigenvalue weighted by Crippen LogP contribution is -2.31. The van der Waals surface area contributed by atoms with E-state index in [1.54, 1.807) is 0 Å². The van der Waals surface area contributed by atoms with Gasteiger partial charge in [-0.05, 0) is 43.2 Å². The molecule has 4 rings (SSSR count). The van der Waals surface area contributed by atoms with E-state index in [0.717, 1.165) is 29.0 Å². The second-order valence-electron chi connectivity index (χ2n) is 7.64. The van der Waals surface area contributed by atoms with E-state index in [4.69, 9.17) is 0 Å².